The predicted molar refractivity (Wildman–Crippen MR) is 99.7 cm³/mol. The second kappa shape index (κ2) is 7.30. The molecule has 0 aromatic heterocycles. The number of allylic oxidation sites excluding steroid dienone is 2. The summed E-state index contributed by atoms with van der Waals surface area (Å²) < 4.78 is 5.10. The molecule has 2 N–H and O–H groups in total. The lowest BCUT2D eigenvalue weighted by Gasteiger charge is -2.31. The number of nitrogens with zero attached hydrogens (tertiary/aromatic N) is 1. The second-order valence-electron chi connectivity index (χ2n) is 7.50. The van der Waals surface area contributed by atoms with Crippen molar-refractivity contribution < 1.29 is 14.3 Å². The third-order valence-corrected chi connectivity index (χ3v) is 4.81. The van der Waals surface area contributed by atoms with Crippen molar-refractivity contribution >= 4 is 23.3 Å². The second-order valence-corrected chi connectivity index (χ2v) is 7.50. The van der Waals surface area contributed by atoms with Crippen molar-refractivity contribution in [2.45, 2.75) is 47.1 Å². The summed E-state index contributed by atoms with van der Waals surface area (Å²) in [6.07, 6.45) is 1.65. The first-order chi connectivity index (χ1) is 11.7. The molecule has 1 aromatic rings. The summed E-state index contributed by atoms with van der Waals surface area (Å²) in [5, 5.41) is 0. The highest BCUT2D eigenvalue weighted by Gasteiger charge is 2.41. The van der Waals surface area contributed by atoms with Crippen molar-refractivity contribution in [3.8, 4) is 0 Å². The van der Waals surface area contributed by atoms with E-state index in [-0.39, 0.29) is 30.9 Å². The molecule has 1 saturated heterocycles. The molecule has 0 aliphatic carbocycles. The fourth-order valence-corrected chi connectivity index (χ4v) is 3.43. The van der Waals surface area contributed by atoms with E-state index in [1.165, 1.54) is 4.90 Å². The molecule has 1 aliphatic rings. The van der Waals surface area contributed by atoms with Gasteiger partial charge in [-0.15, -0.1) is 0 Å². The van der Waals surface area contributed by atoms with Gasteiger partial charge in [0.15, 0.2) is 0 Å². The lowest BCUT2D eigenvalue weighted by molar-refractivity contribution is -0.131. The van der Waals surface area contributed by atoms with Gasteiger partial charge in [-0.1, -0.05) is 52.0 Å². The van der Waals surface area contributed by atoms with Gasteiger partial charge in [0.05, 0.1) is 6.04 Å². The van der Waals surface area contributed by atoms with Crippen LogP contribution in [0.1, 0.15) is 46.6 Å². The highest BCUT2D eigenvalue weighted by Crippen LogP contribution is 2.40. The monoisotopic (exact) mass is 344 g/mol. The number of imide groups is 1. The molecule has 5 heteroatoms. The van der Waals surface area contributed by atoms with Gasteiger partial charge in [0.25, 0.3) is 0 Å². The van der Waals surface area contributed by atoms with E-state index in [1.54, 1.807) is 0 Å². The summed E-state index contributed by atoms with van der Waals surface area (Å²) in [4.78, 5) is 26.2. The van der Waals surface area contributed by atoms with Gasteiger partial charge in [-0.05, 0) is 29.9 Å². The smallest absolute Gasteiger partial charge is 0.416 e. The predicted octanol–water partition coefficient (Wildman–Crippen LogP) is 4.09. The van der Waals surface area contributed by atoms with Gasteiger partial charge >= 0.3 is 6.09 Å². The van der Waals surface area contributed by atoms with Crippen molar-refractivity contribution in [2.75, 3.05) is 12.3 Å². The molecular weight excluding hydrogens is 316 g/mol. The number of rotatable bonds is 5. The van der Waals surface area contributed by atoms with Crippen LogP contribution in [-0.2, 0) is 9.53 Å². The molecule has 0 unspecified atom stereocenters. The zero-order valence-corrected chi connectivity index (χ0v) is 15.7. The number of hydrogen-bond acceptors (Lipinski definition) is 4. The SMILES string of the molecule is C/C=C(\c1ccccc1N)C(C)(C)CC(=O)N1C(=O)OC[C@@H]1C(C)C. The molecule has 1 atom stereocenters. The number of carbonyl (C=O) groups is 2. The topological polar surface area (TPSA) is 72.6 Å². The summed E-state index contributed by atoms with van der Waals surface area (Å²) in [5.41, 5.74) is 8.25. The van der Waals surface area contributed by atoms with Crippen LogP contribution in [0.3, 0.4) is 0 Å². The van der Waals surface area contributed by atoms with Crippen LogP contribution in [-0.4, -0.2) is 29.5 Å². The quantitative estimate of drug-likeness (QED) is 0.817. The highest BCUT2D eigenvalue weighted by molar-refractivity contribution is 5.95. The minimum Gasteiger partial charge on any atom is -0.447 e. The molecule has 2 rings (SSSR count). The molecule has 0 radical (unpaired) electrons. The van der Waals surface area contributed by atoms with E-state index in [0.29, 0.717) is 5.69 Å². The molecule has 5 nitrogen and oxygen atoms in total. The van der Waals surface area contributed by atoms with Crippen LogP contribution >= 0.6 is 0 Å². The Hall–Kier alpha value is -2.30. The van der Waals surface area contributed by atoms with Crippen LogP contribution in [0.2, 0.25) is 0 Å². The molecule has 1 heterocycles. The van der Waals surface area contributed by atoms with Gasteiger partial charge in [0, 0.05) is 17.7 Å². The Labute approximate surface area is 149 Å². The lowest BCUT2D eigenvalue weighted by Crippen LogP contribution is -2.43. The maximum absolute atomic E-state index is 12.9. The number of anilines is 1. The zero-order valence-electron chi connectivity index (χ0n) is 15.7. The van der Waals surface area contributed by atoms with Crippen molar-refractivity contribution in [3.05, 3.63) is 35.9 Å². The molecule has 136 valence electrons. The number of cyclic esters (lactones) is 1. The molecule has 25 heavy (non-hydrogen) atoms. The van der Waals surface area contributed by atoms with E-state index in [9.17, 15) is 9.59 Å². The van der Waals surface area contributed by atoms with Crippen molar-refractivity contribution in [1.82, 2.24) is 4.90 Å². The summed E-state index contributed by atoms with van der Waals surface area (Å²) in [5.74, 6) is -0.0514. The van der Waals surface area contributed by atoms with Crippen LogP contribution in [0.15, 0.2) is 30.3 Å². The summed E-state index contributed by atoms with van der Waals surface area (Å²) >= 11 is 0. The molecule has 2 amide bonds. The first-order valence-corrected chi connectivity index (χ1v) is 8.69. The highest BCUT2D eigenvalue weighted by atomic mass is 16.6. The summed E-state index contributed by atoms with van der Waals surface area (Å²) in [6, 6.07) is 7.42. The maximum Gasteiger partial charge on any atom is 0.416 e. The number of hydrogen-bond donors (Lipinski definition) is 1. The fourth-order valence-electron chi connectivity index (χ4n) is 3.43. The number of para-hydroxylation sites is 1. The molecule has 1 fully saturated rings. The minimum absolute atomic E-state index is 0.157. The summed E-state index contributed by atoms with van der Waals surface area (Å²) in [6.45, 7) is 10.2. The Morgan fingerprint density at radius 2 is 2.04 bits per heavy atom. The summed E-state index contributed by atoms with van der Waals surface area (Å²) in [7, 11) is 0. The third kappa shape index (κ3) is 3.86. The molecule has 0 spiro atoms. The fraction of sp³-hybridized carbons (Fsp3) is 0.500. The largest absolute Gasteiger partial charge is 0.447 e. The third-order valence-electron chi connectivity index (χ3n) is 4.81. The Balaban J connectivity index is 2.26. The normalized spacial score (nSPS) is 18.6. The van der Waals surface area contributed by atoms with E-state index >= 15 is 0 Å². The standard InChI is InChI=1S/C20H28N2O3/c1-6-15(14-9-7-8-10-16(14)21)20(4,5)11-18(23)22-17(13(2)3)12-25-19(22)24/h6-10,13,17H,11-12,21H2,1-5H3/b15-6+/t17-/m1/s1. The van der Waals surface area contributed by atoms with Crippen molar-refractivity contribution in [1.29, 1.82) is 0 Å². The van der Waals surface area contributed by atoms with Gasteiger partial charge in [-0.2, -0.15) is 0 Å². The van der Waals surface area contributed by atoms with Crippen LogP contribution in [0.25, 0.3) is 5.57 Å². The van der Waals surface area contributed by atoms with E-state index in [2.05, 4.69) is 0 Å². The van der Waals surface area contributed by atoms with Crippen molar-refractivity contribution in [3.63, 3.8) is 0 Å². The number of ether oxygens (including phenoxy) is 1. The van der Waals surface area contributed by atoms with E-state index < -0.39 is 11.5 Å². The molecule has 0 saturated carbocycles. The molecule has 0 bridgehead atoms. The van der Waals surface area contributed by atoms with E-state index in [0.717, 1.165) is 11.1 Å². The van der Waals surface area contributed by atoms with E-state index in [1.807, 2.05) is 65.0 Å². The number of amides is 2. The number of nitrogens with two attached hydrogens (primary N) is 1. The molecule has 1 aliphatic heterocycles. The molecular formula is C20H28N2O3. The number of carbonyl (C=O) groups excluding carboxylic acids is 2. The lowest BCUT2D eigenvalue weighted by atomic mass is 9.76. The van der Waals surface area contributed by atoms with Crippen LogP contribution in [0, 0.1) is 11.3 Å². The van der Waals surface area contributed by atoms with Gasteiger partial charge in [0.2, 0.25) is 5.91 Å². The Morgan fingerprint density at radius 1 is 1.40 bits per heavy atom. The number of nitrogen functional groups attached to an aromatic ring is 1. The van der Waals surface area contributed by atoms with Gasteiger partial charge in [-0.25, -0.2) is 9.69 Å². The van der Waals surface area contributed by atoms with Crippen LogP contribution in [0.4, 0.5) is 10.5 Å². The van der Waals surface area contributed by atoms with Crippen molar-refractivity contribution in [2.24, 2.45) is 11.3 Å². The Bertz CT molecular complexity index is 692. The van der Waals surface area contributed by atoms with Gasteiger partial charge in [-0.3, -0.25) is 4.79 Å². The first kappa shape index (κ1) is 19.0. The number of benzene rings is 1. The van der Waals surface area contributed by atoms with Gasteiger partial charge < -0.3 is 10.5 Å². The van der Waals surface area contributed by atoms with Crippen LogP contribution < -0.4 is 5.73 Å². The maximum atomic E-state index is 12.9. The minimum atomic E-state index is -0.541. The van der Waals surface area contributed by atoms with Gasteiger partial charge in [0.1, 0.15) is 6.61 Å². The average molecular weight is 344 g/mol. The average Bonchev–Trinajstić information content (AvgIpc) is 2.91. The first-order valence-electron chi connectivity index (χ1n) is 8.69. The Kier molecular flexibility index (Phi) is 5.55. The Morgan fingerprint density at radius 3 is 2.60 bits per heavy atom. The zero-order chi connectivity index (χ0) is 18.8. The molecule has 1 aromatic carbocycles. The van der Waals surface area contributed by atoms with E-state index in [4.69, 9.17) is 10.5 Å². The van der Waals surface area contributed by atoms with Crippen LogP contribution in [0.5, 0.6) is 0 Å².